The van der Waals surface area contributed by atoms with E-state index < -0.39 is 30.1 Å². The number of pyridine rings is 1. The van der Waals surface area contributed by atoms with Crippen LogP contribution in [0, 0.1) is 0 Å². The number of rotatable bonds is 4. The Hall–Kier alpha value is -2.32. The first-order chi connectivity index (χ1) is 12.2. The molecule has 9 heteroatoms. The predicted octanol–water partition coefficient (Wildman–Crippen LogP) is 2.10. The van der Waals surface area contributed by atoms with Gasteiger partial charge in [0.05, 0.1) is 0 Å². The van der Waals surface area contributed by atoms with Gasteiger partial charge in [-0.25, -0.2) is 0 Å². The third-order valence-corrected chi connectivity index (χ3v) is 4.75. The molecule has 0 N–H and O–H groups in total. The maximum absolute atomic E-state index is 12.7. The Morgan fingerprint density at radius 1 is 1.27 bits per heavy atom. The Labute approximate surface area is 147 Å². The van der Waals surface area contributed by atoms with Gasteiger partial charge in [0, 0.05) is 24.3 Å². The number of ketones is 1. The first-order valence-electron chi connectivity index (χ1n) is 8.46. The number of aromatic nitrogens is 1. The van der Waals surface area contributed by atoms with Crippen LogP contribution in [0.4, 0.5) is 13.2 Å². The molecule has 2 aliphatic rings. The van der Waals surface area contributed by atoms with Crippen LogP contribution in [0.25, 0.3) is 0 Å². The molecule has 1 aromatic heterocycles. The summed E-state index contributed by atoms with van der Waals surface area (Å²) >= 11 is 0. The van der Waals surface area contributed by atoms with E-state index in [1.807, 2.05) is 0 Å². The van der Waals surface area contributed by atoms with Crippen LogP contribution < -0.4 is 10.3 Å². The molecule has 0 unspecified atom stereocenters. The molecule has 26 heavy (non-hydrogen) atoms. The van der Waals surface area contributed by atoms with E-state index in [9.17, 15) is 27.6 Å². The van der Waals surface area contributed by atoms with Crippen LogP contribution in [0.15, 0.2) is 10.9 Å². The minimum Gasteiger partial charge on any atom is -0.478 e. The van der Waals surface area contributed by atoms with E-state index in [0.717, 1.165) is 23.5 Å². The fourth-order valence-electron chi connectivity index (χ4n) is 3.58. The van der Waals surface area contributed by atoms with E-state index in [1.165, 1.54) is 6.92 Å². The summed E-state index contributed by atoms with van der Waals surface area (Å²) in [6.45, 7) is 0.833. The summed E-state index contributed by atoms with van der Waals surface area (Å²) in [5.74, 6) is -1.18. The Morgan fingerprint density at radius 2 is 1.92 bits per heavy atom. The van der Waals surface area contributed by atoms with Crippen LogP contribution in [-0.4, -0.2) is 47.0 Å². The van der Waals surface area contributed by atoms with Crippen LogP contribution in [0.1, 0.15) is 48.3 Å². The lowest BCUT2D eigenvalue weighted by Gasteiger charge is -2.22. The van der Waals surface area contributed by atoms with Crippen LogP contribution in [0.3, 0.4) is 0 Å². The van der Waals surface area contributed by atoms with Crippen molar-refractivity contribution in [2.24, 2.45) is 0 Å². The lowest BCUT2D eigenvalue weighted by atomic mass is 10.1. The minimum atomic E-state index is -4.61. The second kappa shape index (κ2) is 6.77. The molecule has 0 aromatic carbocycles. The Balaban J connectivity index is 2.02. The van der Waals surface area contributed by atoms with Gasteiger partial charge in [-0.05, 0) is 38.7 Å². The van der Waals surface area contributed by atoms with Gasteiger partial charge >= 0.3 is 6.18 Å². The Bertz CT molecular complexity index is 794. The number of halogens is 3. The van der Waals surface area contributed by atoms with Gasteiger partial charge in [-0.3, -0.25) is 19.0 Å². The molecule has 0 spiro atoms. The third kappa shape index (κ3) is 3.47. The number of Topliss-reactive ketones (excluding diaryl/α,β-unsaturated/α-hetero) is 1. The zero-order valence-electron chi connectivity index (χ0n) is 14.3. The van der Waals surface area contributed by atoms with Crippen molar-refractivity contribution in [1.29, 1.82) is 0 Å². The molecule has 6 nitrogen and oxygen atoms in total. The van der Waals surface area contributed by atoms with E-state index in [4.69, 9.17) is 0 Å². The number of amides is 1. The summed E-state index contributed by atoms with van der Waals surface area (Å²) in [7, 11) is 0. The average molecular weight is 372 g/mol. The highest BCUT2D eigenvalue weighted by Crippen LogP contribution is 2.31. The van der Waals surface area contributed by atoms with Gasteiger partial charge in [0.15, 0.2) is 18.1 Å². The molecular formula is C17H19F3N2O4. The van der Waals surface area contributed by atoms with Crippen molar-refractivity contribution in [3.05, 3.63) is 27.7 Å². The number of alkyl halides is 3. The minimum absolute atomic E-state index is 0.124. The molecule has 142 valence electrons. The molecule has 1 aromatic rings. The molecular weight excluding hydrogens is 353 g/mol. The first-order valence-corrected chi connectivity index (χ1v) is 8.46. The highest BCUT2D eigenvalue weighted by atomic mass is 19.4. The van der Waals surface area contributed by atoms with Crippen LogP contribution >= 0.6 is 0 Å². The zero-order valence-corrected chi connectivity index (χ0v) is 14.3. The van der Waals surface area contributed by atoms with E-state index in [0.29, 0.717) is 31.6 Å². The second-order valence-corrected chi connectivity index (χ2v) is 6.59. The number of likely N-dealkylation sites (tertiary alicyclic amines) is 1. The summed E-state index contributed by atoms with van der Waals surface area (Å²) in [4.78, 5) is 39.0. The number of fused-ring (bicyclic) bond motifs is 1. The lowest BCUT2D eigenvalue weighted by Crippen LogP contribution is -2.38. The SMILES string of the molecule is CC(=O)c1cc(OCC(F)(F)F)c(=O)n2c1CC[C@H]2C(=O)N1CCCC1. The summed E-state index contributed by atoms with van der Waals surface area (Å²) < 4.78 is 43.2. The average Bonchev–Trinajstić information content (AvgIpc) is 3.22. The predicted molar refractivity (Wildman–Crippen MR) is 85.4 cm³/mol. The first kappa shape index (κ1) is 18.5. The van der Waals surface area contributed by atoms with Gasteiger partial charge in [0.1, 0.15) is 6.04 Å². The fraction of sp³-hybridized carbons (Fsp3) is 0.588. The monoisotopic (exact) mass is 372 g/mol. The van der Waals surface area contributed by atoms with Crippen LogP contribution in [0.5, 0.6) is 5.75 Å². The second-order valence-electron chi connectivity index (χ2n) is 6.59. The highest BCUT2D eigenvalue weighted by Gasteiger charge is 2.37. The van der Waals surface area contributed by atoms with Gasteiger partial charge in [-0.2, -0.15) is 13.2 Å². The number of hydrogen-bond acceptors (Lipinski definition) is 4. The van der Waals surface area contributed by atoms with Crippen molar-refractivity contribution < 1.29 is 27.5 Å². The molecule has 0 saturated carbocycles. The standard InChI is InChI=1S/C17H19F3N2O4/c1-10(23)11-8-14(26-9-17(18,19)20)16(25)22-12(11)4-5-13(22)15(24)21-6-2-3-7-21/h8,13H,2-7,9H2,1H3/t13-/m0/s1. The number of ether oxygens (including phenoxy) is 1. The third-order valence-electron chi connectivity index (χ3n) is 4.75. The molecule has 3 rings (SSSR count). The molecule has 1 saturated heterocycles. The normalized spacial score (nSPS) is 19.5. The molecule has 1 atom stereocenters. The van der Waals surface area contributed by atoms with Gasteiger partial charge in [0.25, 0.3) is 5.56 Å². The molecule has 1 amide bonds. The topological polar surface area (TPSA) is 68.6 Å². The van der Waals surface area contributed by atoms with E-state index in [2.05, 4.69) is 4.74 Å². The van der Waals surface area contributed by atoms with Crippen molar-refractivity contribution in [3.8, 4) is 5.75 Å². The summed E-state index contributed by atoms with van der Waals surface area (Å²) in [6, 6.07) is 0.258. The van der Waals surface area contributed by atoms with E-state index >= 15 is 0 Å². The lowest BCUT2D eigenvalue weighted by molar-refractivity contribution is -0.153. The van der Waals surface area contributed by atoms with Crippen molar-refractivity contribution >= 4 is 11.7 Å². The van der Waals surface area contributed by atoms with Crippen LogP contribution in [-0.2, 0) is 11.2 Å². The van der Waals surface area contributed by atoms with Gasteiger partial charge in [-0.1, -0.05) is 0 Å². The largest absolute Gasteiger partial charge is 0.478 e. The zero-order chi connectivity index (χ0) is 19.1. The Kier molecular flexibility index (Phi) is 4.81. The van der Waals surface area contributed by atoms with Gasteiger partial charge in [0.2, 0.25) is 5.91 Å². The molecule has 1 fully saturated rings. The quantitative estimate of drug-likeness (QED) is 0.759. The maximum atomic E-state index is 12.7. The fourth-order valence-corrected chi connectivity index (χ4v) is 3.58. The summed E-state index contributed by atoms with van der Waals surface area (Å²) in [5.41, 5.74) is -0.290. The summed E-state index contributed by atoms with van der Waals surface area (Å²) in [6.07, 6.45) is -2.17. The number of carbonyl (C=O) groups is 2. The number of carbonyl (C=O) groups excluding carboxylic acids is 2. The van der Waals surface area contributed by atoms with Crippen molar-refractivity contribution in [2.75, 3.05) is 19.7 Å². The Morgan fingerprint density at radius 3 is 2.50 bits per heavy atom. The molecule has 0 aliphatic carbocycles. The summed E-state index contributed by atoms with van der Waals surface area (Å²) in [5, 5.41) is 0. The van der Waals surface area contributed by atoms with Crippen molar-refractivity contribution in [3.63, 3.8) is 0 Å². The number of nitrogens with zero attached hydrogens (tertiary/aromatic N) is 2. The molecule has 0 radical (unpaired) electrons. The van der Waals surface area contributed by atoms with Gasteiger partial charge < -0.3 is 9.64 Å². The molecule has 3 heterocycles. The highest BCUT2D eigenvalue weighted by molar-refractivity contribution is 5.96. The van der Waals surface area contributed by atoms with Gasteiger partial charge in [-0.15, -0.1) is 0 Å². The van der Waals surface area contributed by atoms with Crippen LogP contribution in [0.2, 0.25) is 0 Å². The van der Waals surface area contributed by atoms with E-state index in [1.54, 1.807) is 4.90 Å². The maximum Gasteiger partial charge on any atom is 0.422 e. The molecule has 0 bridgehead atoms. The molecule has 2 aliphatic heterocycles. The van der Waals surface area contributed by atoms with Crippen molar-refractivity contribution in [1.82, 2.24) is 9.47 Å². The van der Waals surface area contributed by atoms with Crippen molar-refractivity contribution in [2.45, 2.75) is 44.8 Å². The van der Waals surface area contributed by atoms with E-state index in [-0.39, 0.29) is 17.3 Å². The smallest absolute Gasteiger partial charge is 0.422 e. The number of hydrogen-bond donors (Lipinski definition) is 0.